The number of halogens is 3. The summed E-state index contributed by atoms with van der Waals surface area (Å²) < 4.78 is 46.1. The maximum atomic E-state index is 12.5. The van der Waals surface area contributed by atoms with Gasteiger partial charge in [-0.15, -0.1) is 13.2 Å². The lowest BCUT2D eigenvalue weighted by Crippen LogP contribution is -2.17. The molecule has 0 atom stereocenters. The van der Waals surface area contributed by atoms with Gasteiger partial charge in [-0.2, -0.15) is 0 Å². The monoisotopic (exact) mass is 408 g/mol. The van der Waals surface area contributed by atoms with Crippen LogP contribution in [0.5, 0.6) is 11.5 Å². The number of benzene rings is 2. The molecule has 156 valence electrons. The molecule has 0 bridgehead atoms. The molecule has 0 aliphatic carbocycles. The van der Waals surface area contributed by atoms with E-state index in [-0.39, 0.29) is 18.1 Å². The first-order chi connectivity index (χ1) is 13.6. The summed E-state index contributed by atoms with van der Waals surface area (Å²) in [6.07, 6.45) is -3.07. The van der Waals surface area contributed by atoms with Crippen LogP contribution < -0.4 is 9.47 Å². The molecule has 29 heavy (non-hydrogen) atoms. The molecule has 2 aromatic carbocycles. The lowest BCUT2D eigenvalue weighted by Gasteiger charge is -2.13. The molecule has 2 aromatic rings. The number of ether oxygens (including phenoxy) is 2. The van der Waals surface area contributed by atoms with E-state index in [2.05, 4.69) is 9.73 Å². The van der Waals surface area contributed by atoms with Crippen LogP contribution in [0.25, 0.3) is 0 Å². The summed E-state index contributed by atoms with van der Waals surface area (Å²) in [5.41, 5.74) is 2.81. The first-order valence-corrected chi connectivity index (χ1v) is 8.96. The van der Waals surface area contributed by atoms with Crippen molar-refractivity contribution >= 4 is 17.8 Å². The molecule has 8 heteroatoms. The fourth-order valence-corrected chi connectivity index (χ4v) is 2.47. The van der Waals surface area contributed by atoms with Crippen LogP contribution in [-0.4, -0.2) is 43.6 Å². The summed E-state index contributed by atoms with van der Waals surface area (Å²) in [5.74, 6) is -0.582. The van der Waals surface area contributed by atoms with E-state index >= 15 is 0 Å². The molecule has 5 nitrogen and oxygen atoms in total. The van der Waals surface area contributed by atoms with Crippen LogP contribution in [0.2, 0.25) is 0 Å². The molecule has 0 N–H and O–H groups in total. The summed E-state index contributed by atoms with van der Waals surface area (Å²) in [7, 11) is 1.91. The van der Waals surface area contributed by atoms with Gasteiger partial charge in [-0.25, -0.2) is 4.99 Å². The summed E-state index contributed by atoms with van der Waals surface area (Å²) in [5, 5.41) is 0. The topological polar surface area (TPSA) is 51.1 Å². The van der Waals surface area contributed by atoms with E-state index in [0.29, 0.717) is 5.56 Å². The first-order valence-electron chi connectivity index (χ1n) is 8.96. The Bertz CT molecular complexity index is 895. The van der Waals surface area contributed by atoms with Crippen LogP contribution in [0.15, 0.2) is 41.4 Å². The van der Waals surface area contributed by atoms with Crippen molar-refractivity contribution in [3.63, 3.8) is 0 Å². The van der Waals surface area contributed by atoms with Gasteiger partial charge in [0.1, 0.15) is 11.5 Å². The van der Waals surface area contributed by atoms with Gasteiger partial charge in [0.25, 0.3) is 0 Å². The molecule has 0 aliphatic heterocycles. The van der Waals surface area contributed by atoms with Crippen molar-refractivity contribution in [1.82, 2.24) is 4.90 Å². The first kappa shape index (κ1) is 22.3. The summed E-state index contributed by atoms with van der Waals surface area (Å²) in [6.45, 7) is 6.18. The average Bonchev–Trinajstić information content (AvgIpc) is 2.65. The Kier molecular flexibility index (Phi) is 7.25. The molecule has 2 rings (SSSR count). The second-order valence-corrected chi connectivity index (χ2v) is 6.51. The molecule has 0 fully saturated rings. The highest BCUT2D eigenvalue weighted by Crippen LogP contribution is 2.27. The Morgan fingerprint density at radius 1 is 1.14 bits per heavy atom. The highest BCUT2D eigenvalue weighted by molar-refractivity contribution is 5.99. The molecule has 0 amide bonds. The smallest absolute Gasteiger partial charge is 0.485 e. The molecule has 0 spiro atoms. The SMILES string of the molecule is CCN(C)C=Nc1cc(C)c(C(=O)COc2cccc(OC(F)(F)F)c2)cc1C. The van der Waals surface area contributed by atoms with Gasteiger partial charge in [0.15, 0.2) is 12.4 Å². The van der Waals surface area contributed by atoms with Crippen LogP contribution in [0.3, 0.4) is 0 Å². The lowest BCUT2D eigenvalue weighted by molar-refractivity contribution is -0.274. The third kappa shape index (κ3) is 6.81. The second kappa shape index (κ2) is 9.45. The molecular formula is C21H23F3N2O3. The van der Waals surface area contributed by atoms with Gasteiger partial charge in [-0.05, 0) is 56.2 Å². The molecule has 0 aromatic heterocycles. The number of Topliss-reactive ketones (excluding diaryl/α,β-unsaturated/α-hetero) is 1. The highest BCUT2D eigenvalue weighted by Gasteiger charge is 2.31. The van der Waals surface area contributed by atoms with Crippen LogP contribution in [-0.2, 0) is 0 Å². The van der Waals surface area contributed by atoms with E-state index in [9.17, 15) is 18.0 Å². The van der Waals surface area contributed by atoms with Crippen LogP contribution in [0, 0.1) is 13.8 Å². The number of aryl methyl sites for hydroxylation is 2. The minimum atomic E-state index is -4.79. The third-order valence-electron chi connectivity index (χ3n) is 4.15. The van der Waals surface area contributed by atoms with Crippen molar-refractivity contribution in [2.45, 2.75) is 27.1 Å². The number of hydrogen-bond acceptors (Lipinski definition) is 4. The van der Waals surface area contributed by atoms with Crippen LogP contribution in [0.1, 0.15) is 28.4 Å². The Labute approximate surface area is 167 Å². The van der Waals surface area contributed by atoms with E-state index in [4.69, 9.17) is 4.74 Å². The summed E-state index contributed by atoms with van der Waals surface area (Å²) >= 11 is 0. The van der Waals surface area contributed by atoms with E-state index in [0.717, 1.165) is 35.5 Å². The molecule has 0 saturated heterocycles. The van der Waals surface area contributed by atoms with Crippen molar-refractivity contribution in [3.8, 4) is 11.5 Å². The quantitative estimate of drug-likeness (QED) is 0.347. The largest absolute Gasteiger partial charge is 0.573 e. The van der Waals surface area contributed by atoms with E-state index in [1.807, 2.05) is 31.9 Å². The van der Waals surface area contributed by atoms with Crippen LogP contribution in [0.4, 0.5) is 18.9 Å². The number of aliphatic imine (C=N–C) groups is 1. The van der Waals surface area contributed by atoms with E-state index in [1.54, 1.807) is 19.3 Å². The van der Waals surface area contributed by atoms with Gasteiger partial charge in [-0.1, -0.05) is 6.07 Å². The average molecular weight is 408 g/mol. The fraction of sp³-hybridized carbons (Fsp3) is 0.333. The molecule has 0 radical (unpaired) electrons. The van der Waals surface area contributed by atoms with Gasteiger partial charge >= 0.3 is 6.36 Å². The normalized spacial score (nSPS) is 11.6. The van der Waals surface area contributed by atoms with Crippen molar-refractivity contribution in [2.24, 2.45) is 4.99 Å². The zero-order valence-corrected chi connectivity index (χ0v) is 16.7. The number of hydrogen-bond donors (Lipinski definition) is 0. The lowest BCUT2D eigenvalue weighted by atomic mass is 10.0. The van der Waals surface area contributed by atoms with Crippen molar-refractivity contribution in [2.75, 3.05) is 20.2 Å². The fourth-order valence-electron chi connectivity index (χ4n) is 2.47. The predicted octanol–water partition coefficient (Wildman–Crippen LogP) is 5.08. The number of alkyl halides is 3. The van der Waals surface area contributed by atoms with Crippen LogP contribution >= 0.6 is 0 Å². The van der Waals surface area contributed by atoms with E-state index in [1.165, 1.54) is 12.1 Å². The van der Waals surface area contributed by atoms with Gasteiger partial charge in [0.2, 0.25) is 0 Å². The maximum Gasteiger partial charge on any atom is 0.573 e. The molecular weight excluding hydrogens is 385 g/mol. The minimum Gasteiger partial charge on any atom is -0.485 e. The molecule has 0 heterocycles. The van der Waals surface area contributed by atoms with Gasteiger partial charge < -0.3 is 14.4 Å². The number of carbonyl (C=O) groups excluding carboxylic acids is 1. The van der Waals surface area contributed by atoms with Gasteiger partial charge in [-0.3, -0.25) is 4.79 Å². The number of ketones is 1. The Balaban J connectivity index is 2.09. The van der Waals surface area contributed by atoms with Gasteiger partial charge in [0, 0.05) is 25.2 Å². The third-order valence-corrected chi connectivity index (χ3v) is 4.15. The Morgan fingerprint density at radius 2 is 1.83 bits per heavy atom. The molecule has 0 aliphatic rings. The standard InChI is InChI=1S/C21H23F3N2O3/c1-5-26(4)13-25-19-10-14(2)18(9-15(19)3)20(27)12-28-16-7-6-8-17(11-16)29-21(22,23)24/h6-11,13H,5,12H2,1-4H3. The minimum absolute atomic E-state index is 0.110. The molecule has 0 saturated carbocycles. The highest BCUT2D eigenvalue weighted by atomic mass is 19.4. The van der Waals surface area contributed by atoms with Crippen molar-refractivity contribution in [1.29, 1.82) is 0 Å². The number of carbonyl (C=O) groups is 1. The predicted molar refractivity (Wildman–Crippen MR) is 105 cm³/mol. The zero-order valence-electron chi connectivity index (χ0n) is 16.7. The van der Waals surface area contributed by atoms with Crippen molar-refractivity contribution < 1.29 is 27.4 Å². The maximum absolute atomic E-state index is 12.5. The zero-order chi connectivity index (χ0) is 21.6. The van der Waals surface area contributed by atoms with E-state index < -0.39 is 12.1 Å². The molecule has 0 unspecified atom stereocenters. The number of rotatable bonds is 8. The van der Waals surface area contributed by atoms with Crippen molar-refractivity contribution in [3.05, 3.63) is 53.1 Å². The second-order valence-electron chi connectivity index (χ2n) is 6.51. The van der Waals surface area contributed by atoms with Gasteiger partial charge in [0.05, 0.1) is 12.0 Å². The summed E-state index contributed by atoms with van der Waals surface area (Å²) in [6, 6.07) is 8.61. The Hall–Kier alpha value is -3.03. The summed E-state index contributed by atoms with van der Waals surface area (Å²) in [4.78, 5) is 18.9. The number of nitrogens with zero attached hydrogens (tertiary/aromatic N) is 2. The Morgan fingerprint density at radius 3 is 2.48 bits per heavy atom.